The Balaban J connectivity index is 1.56. The zero-order valence-corrected chi connectivity index (χ0v) is 12.5. The molecule has 2 saturated carbocycles. The zero-order chi connectivity index (χ0) is 16.3. The Bertz CT molecular complexity index is 729. The van der Waals surface area contributed by atoms with Gasteiger partial charge < -0.3 is 10.1 Å². The quantitative estimate of drug-likeness (QED) is 0.522. The first-order valence-corrected chi connectivity index (χ1v) is 7.72. The molecule has 0 aromatic heterocycles. The SMILES string of the molecule is Cc1ccc(NC(=O)[C@@H]2[C@@H]3C[C@@H]4[C@@H]2C(=O)O[C@@H]4C3)cc1[N+](=O)[O-]. The van der Waals surface area contributed by atoms with Crippen molar-refractivity contribution in [3.63, 3.8) is 0 Å². The van der Waals surface area contributed by atoms with Crippen molar-refractivity contribution in [1.82, 2.24) is 0 Å². The monoisotopic (exact) mass is 316 g/mol. The maximum absolute atomic E-state index is 12.6. The summed E-state index contributed by atoms with van der Waals surface area (Å²) in [6.07, 6.45) is 1.59. The molecule has 1 aliphatic heterocycles. The second-order valence-corrected chi connectivity index (χ2v) is 6.67. The van der Waals surface area contributed by atoms with Crippen LogP contribution in [0.1, 0.15) is 18.4 Å². The highest BCUT2D eigenvalue weighted by molar-refractivity contribution is 5.97. The highest BCUT2D eigenvalue weighted by Crippen LogP contribution is 2.57. The molecule has 0 unspecified atom stereocenters. The van der Waals surface area contributed by atoms with Gasteiger partial charge in [0, 0.05) is 23.2 Å². The number of nitrogens with zero attached hydrogens (tertiary/aromatic N) is 1. The maximum atomic E-state index is 12.6. The lowest BCUT2D eigenvalue weighted by molar-refractivity contribution is -0.385. The summed E-state index contributed by atoms with van der Waals surface area (Å²) in [5.74, 6) is -0.906. The molecule has 1 N–H and O–H groups in total. The molecule has 23 heavy (non-hydrogen) atoms. The minimum absolute atomic E-state index is 0.0120. The number of nitro groups is 1. The Morgan fingerprint density at radius 1 is 1.39 bits per heavy atom. The average molecular weight is 316 g/mol. The molecular weight excluding hydrogens is 300 g/mol. The van der Waals surface area contributed by atoms with Crippen molar-refractivity contribution in [3.8, 4) is 0 Å². The lowest BCUT2D eigenvalue weighted by Crippen LogP contribution is -2.35. The summed E-state index contributed by atoms with van der Waals surface area (Å²) in [4.78, 5) is 35.1. The molecule has 0 spiro atoms. The number of aryl methyl sites for hydroxylation is 1. The maximum Gasteiger partial charge on any atom is 0.310 e. The van der Waals surface area contributed by atoms with Gasteiger partial charge in [-0.25, -0.2) is 0 Å². The van der Waals surface area contributed by atoms with Gasteiger partial charge in [-0.15, -0.1) is 0 Å². The molecule has 1 saturated heterocycles. The summed E-state index contributed by atoms with van der Waals surface area (Å²) >= 11 is 0. The molecule has 4 rings (SSSR count). The number of hydrogen-bond acceptors (Lipinski definition) is 5. The fourth-order valence-corrected chi connectivity index (χ4v) is 4.47. The van der Waals surface area contributed by atoms with Gasteiger partial charge in [-0.05, 0) is 31.7 Å². The van der Waals surface area contributed by atoms with E-state index >= 15 is 0 Å². The Labute approximate surface area is 132 Å². The van der Waals surface area contributed by atoms with Crippen LogP contribution >= 0.6 is 0 Å². The fourth-order valence-electron chi connectivity index (χ4n) is 4.47. The van der Waals surface area contributed by atoms with Crippen molar-refractivity contribution in [2.75, 3.05) is 5.32 Å². The number of fused-ring (bicyclic) bond motifs is 1. The predicted octanol–water partition coefficient (Wildman–Crippen LogP) is 2.04. The van der Waals surface area contributed by atoms with Crippen LogP contribution in [-0.2, 0) is 14.3 Å². The van der Waals surface area contributed by atoms with Crippen LogP contribution in [0.4, 0.5) is 11.4 Å². The van der Waals surface area contributed by atoms with Crippen LogP contribution in [0.3, 0.4) is 0 Å². The Kier molecular flexibility index (Phi) is 2.94. The van der Waals surface area contributed by atoms with E-state index in [-0.39, 0.29) is 47.3 Å². The number of ether oxygens (including phenoxy) is 1. The molecule has 7 nitrogen and oxygen atoms in total. The number of nitrogens with one attached hydrogen (secondary N) is 1. The summed E-state index contributed by atoms with van der Waals surface area (Å²) < 4.78 is 5.33. The lowest BCUT2D eigenvalue weighted by atomic mass is 9.79. The minimum Gasteiger partial charge on any atom is -0.462 e. The molecule has 1 amide bonds. The van der Waals surface area contributed by atoms with Crippen molar-refractivity contribution in [2.24, 2.45) is 23.7 Å². The number of carbonyl (C=O) groups is 2. The highest BCUT2D eigenvalue weighted by Gasteiger charge is 2.63. The normalized spacial score (nSPS) is 33.6. The van der Waals surface area contributed by atoms with E-state index in [1.165, 1.54) is 6.07 Å². The van der Waals surface area contributed by atoms with Gasteiger partial charge in [0.25, 0.3) is 5.69 Å². The second-order valence-electron chi connectivity index (χ2n) is 6.67. The third kappa shape index (κ3) is 2.03. The Morgan fingerprint density at radius 2 is 2.17 bits per heavy atom. The van der Waals surface area contributed by atoms with Crippen LogP contribution in [0.5, 0.6) is 0 Å². The largest absolute Gasteiger partial charge is 0.462 e. The van der Waals surface area contributed by atoms with Gasteiger partial charge >= 0.3 is 5.97 Å². The number of esters is 1. The fraction of sp³-hybridized carbons (Fsp3) is 0.500. The number of rotatable bonds is 3. The van der Waals surface area contributed by atoms with E-state index in [1.54, 1.807) is 19.1 Å². The Hall–Kier alpha value is -2.44. The van der Waals surface area contributed by atoms with E-state index in [2.05, 4.69) is 5.32 Å². The average Bonchev–Trinajstić information content (AvgIpc) is 3.10. The van der Waals surface area contributed by atoms with Crippen LogP contribution in [0.15, 0.2) is 18.2 Å². The first-order chi connectivity index (χ1) is 11.0. The molecular formula is C16H16N2O5. The topological polar surface area (TPSA) is 98.5 Å². The minimum atomic E-state index is -0.471. The summed E-state index contributed by atoms with van der Waals surface area (Å²) in [6.45, 7) is 1.65. The third-order valence-corrected chi connectivity index (χ3v) is 5.46. The molecule has 2 aliphatic carbocycles. The molecule has 1 aromatic carbocycles. The number of amides is 1. The summed E-state index contributed by atoms with van der Waals surface area (Å²) in [7, 11) is 0. The number of anilines is 1. The lowest BCUT2D eigenvalue weighted by Gasteiger charge is -2.23. The van der Waals surface area contributed by atoms with Crippen LogP contribution < -0.4 is 5.32 Å². The van der Waals surface area contributed by atoms with E-state index in [4.69, 9.17) is 4.74 Å². The first kappa shape index (κ1) is 14.2. The molecule has 1 heterocycles. The van der Waals surface area contributed by atoms with Crippen LogP contribution in [0.25, 0.3) is 0 Å². The van der Waals surface area contributed by atoms with Crippen molar-refractivity contribution in [3.05, 3.63) is 33.9 Å². The number of nitro benzene ring substituents is 1. The molecule has 1 aromatic rings. The zero-order valence-electron chi connectivity index (χ0n) is 12.5. The van der Waals surface area contributed by atoms with Gasteiger partial charge in [0.1, 0.15) is 6.10 Å². The van der Waals surface area contributed by atoms with Crippen LogP contribution in [-0.4, -0.2) is 22.9 Å². The van der Waals surface area contributed by atoms with Crippen molar-refractivity contribution in [1.29, 1.82) is 0 Å². The van der Waals surface area contributed by atoms with Crippen molar-refractivity contribution >= 4 is 23.3 Å². The smallest absolute Gasteiger partial charge is 0.310 e. The van der Waals surface area contributed by atoms with Gasteiger partial charge in [-0.2, -0.15) is 0 Å². The molecule has 5 atom stereocenters. The summed E-state index contributed by atoms with van der Waals surface area (Å²) in [6, 6.07) is 4.60. The van der Waals surface area contributed by atoms with Crippen molar-refractivity contribution < 1.29 is 19.2 Å². The van der Waals surface area contributed by atoms with Crippen LogP contribution in [0.2, 0.25) is 0 Å². The van der Waals surface area contributed by atoms with Gasteiger partial charge in [0.15, 0.2) is 0 Å². The number of hydrogen-bond donors (Lipinski definition) is 1. The molecule has 3 fully saturated rings. The van der Waals surface area contributed by atoms with E-state index in [0.29, 0.717) is 11.3 Å². The molecule has 0 radical (unpaired) electrons. The molecule has 7 heteroatoms. The second kappa shape index (κ2) is 4.78. The van der Waals surface area contributed by atoms with E-state index in [0.717, 1.165) is 12.8 Å². The number of carbonyl (C=O) groups excluding carboxylic acids is 2. The van der Waals surface area contributed by atoms with Gasteiger partial charge in [0.05, 0.1) is 16.8 Å². The van der Waals surface area contributed by atoms with Crippen molar-refractivity contribution in [2.45, 2.75) is 25.9 Å². The van der Waals surface area contributed by atoms with E-state index in [9.17, 15) is 19.7 Å². The van der Waals surface area contributed by atoms with E-state index in [1.807, 2.05) is 0 Å². The van der Waals surface area contributed by atoms with Gasteiger partial charge in [0.2, 0.25) is 5.91 Å². The Morgan fingerprint density at radius 3 is 2.91 bits per heavy atom. The molecule has 120 valence electrons. The molecule has 2 bridgehead atoms. The van der Waals surface area contributed by atoms with E-state index < -0.39 is 4.92 Å². The van der Waals surface area contributed by atoms with Gasteiger partial charge in [-0.1, -0.05) is 6.07 Å². The summed E-state index contributed by atoms with van der Waals surface area (Å²) in [5.41, 5.74) is 0.893. The first-order valence-electron chi connectivity index (χ1n) is 7.72. The number of benzene rings is 1. The molecule has 3 aliphatic rings. The summed E-state index contributed by atoms with van der Waals surface area (Å²) in [5, 5.41) is 13.7. The highest BCUT2D eigenvalue weighted by atomic mass is 16.6. The predicted molar refractivity (Wildman–Crippen MR) is 79.5 cm³/mol. The third-order valence-electron chi connectivity index (χ3n) is 5.46. The standard InChI is InChI=1S/C16H16N2O5/c1-7-2-3-9(6-11(7)18(21)22)17-15(19)13-8-4-10-12(5-8)23-16(20)14(10)13/h2-3,6,8,10,12-14H,4-5H2,1H3,(H,17,19)/t8-,10+,12-,13-,14+/m1/s1. The van der Waals surface area contributed by atoms with Gasteiger partial charge in [-0.3, -0.25) is 19.7 Å². The van der Waals surface area contributed by atoms with Crippen LogP contribution in [0, 0.1) is 40.7 Å².